The summed E-state index contributed by atoms with van der Waals surface area (Å²) >= 11 is 0. The zero-order valence-corrected chi connectivity index (χ0v) is 12.9. The summed E-state index contributed by atoms with van der Waals surface area (Å²) in [5.41, 5.74) is 1.82. The first kappa shape index (κ1) is 15.2. The molecule has 6 nitrogen and oxygen atoms in total. The molecule has 1 aromatic carbocycles. The highest BCUT2D eigenvalue weighted by molar-refractivity contribution is 7.91. The fourth-order valence-electron chi connectivity index (χ4n) is 1.88. The third-order valence-electron chi connectivity index (χ3n) is 2.94. The van der Waals surface area contributed by atoms with E-state index in [9.17, 15) is 13.5 Å². The Labute approximate surface area is 123 Å². The number of benzene rings is 1. The minimum absolute atomic E-state index is 0.00271. The summed E-state index contributed by atoms with van der Waals surface area (Å²) in [4.78, 5) is 8.55. The van der Waals surface area contributed by atoms with Gasteiger partial charge >= 0.3 is 0 Å². The molecule has 112 valence electrons. The lowest BCUT2D eigenvalue weighted by Crippen LogP contribution is -2.05. The molecule has 2 rings (SSSR count). The highest BCUT2D eigenvalue weighted by atomic mass is 32.2. The fourth-order valence-corrected chi connectivity index (χ4v) is 2.78. The molecule has 1 aromatic heterocycles. The number of nitrogens with one attached hydrogen (secondary N) is 1. The number of aromatic hydroxyl groups is 1. The van der Waals surface area contributed by atoms with Crippen LogP contribution in [0, 0.1) is 13.8 Å². The van der Waals surface area contributed by atoms with Gasteiger partial charge in [-0.15, -0.1) is 0 Å². The summed E-state index contributed by atoms with van der Waals surface area (Å²) in [6.07, 6.45) is 0. The predicted molar refractivity (Wildman–Crippen MR) is 80.6 cm³/mol. The van der Waals surface area contributed by atoms with Gasteiger partial charge in [0.15, 0.2) is 9.84 Å². The quantitative estimate of drug-likeness (QED) is 0.842. The van der Waals surface area contributed by atoms with Gasteiger partial charge in [-0.3, -0.25) is 0 Å². The minimum atomic E-state index is -3.34. The highest BCUT2D eigenvalue weighted by Crippen LogP contribution is 2.28. The first-order valence-corrected chi connectivity index (χ1v) is 8.12. The van der Waals surface area contributed by atoms with Crippen molar-refractivity contribution in [3.63, 3.8) is 0 Å². The van der Waals surface area contributed by atoms with Gasteiger partial charge in [0.05, 0.1) is 16.3 Å². The number of sulfone groups is 1. The van der Waals surface area contributed by atoms with Crippen molar-refractivity contribution < 1.29 is 13.5 Å². The lowest BCUT2D eigenvalue weighted by Gasteiger charge is -2.10. The number of rotatable bonds is 4. The van der Waals surface area contributed by atoms with Crippen molar-refractivity contribution in [1.82, 2.24) is 9.97 Å². The number of aryl methyl sites for hydroxylation is 2. The van der Waals surface area contributed by atoms with Crippen molar-refractivity contribution in [2.24, 2.45) is 0 Å². The topological polar surface area (TPSA) is 92.2 Å². The average molecular weight is 307 g/mol. The fraction of sp³-hybridized carbons (Fsp3) is 0.286. The van der Waals surface area contributed by atoms with Gasteiger partial charge < -0.3 is 10.4 Å². The van der Waals surface area contributed by atoms with Gasteiger partial charge in [0, 0.05) is 11.4 Å². The van der Waals surface area contributed by atoms with Crippen LogP contribution in [0.2, 0.25) is 0 Å². The average Bonchev–Trinajstić information content (AvgIpc) is 2.40. The number of aromatic nitrogens is 2. The summed E-state index contributed by atoms with van der Waals surface area (Å²) in [7, 11) is -3.34. The van der Waals surface area contributed by atoms with E-state index in [0.717, 1.165) is 11.4 Å². The van der Waals surface area contributed by atoms with Gasteiger partial charge in [0.2, 0.25) is 5.95 Å². The molecular weight excluding hydrogens is 290 g/mol. The van der Waals surface area contributed by atoms with E-state index in [1.807, 2.05) is 19.9 Å². The molecule has 0 amide bonds. The Kier molecular flexibility index (Phi) is 4.13. The SMILES string of the molecule is CCS(=O)(=O)c1ccc(O)c(Nc2nc(C)cc(C)n2)c1. The van der Waals surface area contributed by atoms with Crippen LogP contribution in [0.3, 0.4) is 0 Å². The maximum Gasteiger partial charge on any atom is 0.227 e. The summed E-state index contributed by atoms with van der Waals surface area (Å²) in [5, 5.41) is 12.7. The van der Waals surface area contributed by atoms with Crippen LogP contribution in [0.1, 0.15) is 18.3 Å². The molecule has 0 aliphatic carbocycles. The van der Waals surface area contributed by atoms with E-state index in [1.54, 1.807) is 6.92 Å². The van der Waals surface area contributed by atoms with Crippen molar-refractivity contribution in [3.8, 4) is 5.75 Å². The first-order valence-electron chi connectivity index (χ1n) is 6.47. The maximum atomic E-state index is 11.9. The molecule has 0 aliphatic heterocycles. The summed E-state index contributed by atoms with van der Waals surface area (Å²) in [5.74, 6) is 0.249. The molecule has 0 spiro atoms. The van der Waals surface area contributed by atoms with Crippen LogP contribution in [0.5, 0.6) is 5.75 Å². The molecule has 0 fully saturated rings. The summed E-state index contributed by atoms with van der Waals surface area (Å²) < 4.78 is 23.8. The summed E-state index contributed by atoms with van der Waals surface area (Å²) in [6, 6.07) is 5.92. The molecule has 0 radical (unpaired) electrons. The molecular formula is C14H17N3O3S. The van der Waals surface area contributed by atoms with E-state index < -0.39 is 9.84 Å². The highest BCUT2D eigenvalue weighted by Gasteiger charge is 2.14. The van der Waals surface area contributed by atoms with E-state index in [0.29, 0.717) is 5.95 Å². The molecule has 0 bridgehead atoms. The van der Waals surface area contributed by atoms with Crippen molar-refractivity contribution in [2.75, 3.05) is 11.1 Å². The molecule has 2 N–H and O–H groups in total. The lowest BCUT2D eigenvalue weighted by atomic mass is 10.3. The molecule has 7 heteroatoms. The second-order valence-corrected chi connectivity index (χ2v) is 6.96. The molecule has 0 saturated heterocycles. The van der Waals surface area contributed by atoms with Gasteiger partial charge in [-0.1, -0.05) is 6.92 Å². The molecule has 2 aromatic rings. The van der Waals surface area contributed by atoms with Gasteiger partial charge in [-0.2, -0.15) is 0 Å². The van der Waals surface area contributed by atoms with Crippen LogP contribution < -0.4 is 5.32 Å². The Bertz CT molecular complexity index is 753. The Morgan fingerprint density at radius 1 is 1.14 bits per heavy atom. The molecule has 0 atom stereocenters. The molecule has 0 saturated carbocycles. The zero-order valence-electron chi connectivity index (χ0n) is 12.1. The normalized spacial score (nSPS) is 11.4. The van der Waals surface area contributed by atoms with E-state index >= 15 is 0 Å². The second-order valence-electron chi connectivity index (χ2n) is 4.68. The number of phenolic OH excluding ortho intramolecular Hbond substituents is 1. The van der Waals surface area contributed by atoms with E-state index in [2.05, 4.69) is 15.3 Å². The third kappa shape index (κ3) is 3.49. The number of hydrogen-bond acceptors (Lipinski definition) is 6. The van der Waals surface area contributed by atoms with Crippen LogP contribution in [0.25, 0.3) is 0 Å². The number of anilines is 2. The van der Waals surface area contributed by atoms with Gasteiger partial charge in [-0.25, -0.2) is 18.4 Å². The van der Waals surface area contributed by atoms with Crippen LogP contribution in [-0.4, -0.2) is 29.2 Å². The number of nitrogens with zero attached hydrogens (tertiary/aromatic N) is 2. The number of phenols is 1. The van der Waals surface area contributed by atoms with Crippen LogP contribution in [-0.2, 0) is 9.84 Å². The second kappa shape index (κ2) is 5.69. The van der Waals surface area contributed by atoms with Crippen LogP contribution >= 0.6 is 0 Å². The van der Waals surface area contributed by atoms with Crippen molar-refractivity contribution in [3.05, 3.63) is 35.7 Å². The standard InChI is InChI=1S/C14H17N3O3S/c1-4-21(19,20)11-5-6-13(18)12(8-11)17-14-15-9(2)7-10(3)16-14/h5-8,18H,4H2,1-3H3,(H,15,16,17). The van der Waals surface area contributed by atoms with E-state index in [1.165, 1.54) is 18.2 Å². The molecule has 21 heavy (non-hydrogen) atoms. The Balaban J connectivity index is 2.42. The first-order chi connectivity index (χ1) is 9.81. The van der Waals surface area contributed by atoms with E-state index in [4.69, 9.17) is 0 Å². The monoisotopic (exact) mass is 307 g/mol. The Morgan fingerprint density at radius 2 is 1.76 bits per heavy atom. The van der Waals surface area contributed by atoms with Crippen molar-refractivity contribution >= 4 is 21.5 Å². The molecule has 1 heterocycles. The third-order valence-corrected chi connectivity index (χ3v) is 4.67. The van der Waals surface area contributed by atoms with Crippen molar-refractivity contribution in [1.29, 1.82) is 0 Å². The van der Waals surface area contributed by atoms with Gasteiger partial charge in [-0.05, 0) is 38.1 Å². The maximum absolute atomic E-state index is 11.9. The molecule has 0 unspecified atom stereocenters. The lowest BCUT2D eigenvalue weighted by molar-refractivity contribution is 0.477. The minimum Gasteiger partial charge on any atom is -0.506 e. The molecule has 0 aliphatic rings. The van der Waals surface area contributed by atoms with Crippen LogP contribution in [0.4, 0.5) is 11.6 Å². The van der Waals surface area contributed by atoms with Gasteiger partial charge in [0.25, 0.3) is 0 Å². The predicted octanol–water partition coefficient (Wildman–Crippen LogP) is 2.34. The zero-order chi connectivity index (χ0) is 15.6. The van der Waals surface area contributed by atoms with Crippen LogP contribution in [0.15, 0.2) is 29.2 Å². The van der Waals surface area contributed by atoms with Crippen molar-refractivity contribution in [2.45, 2.75) is 25.7 Å². The van der Waals surface area contributed by atoms with Gasteiger partial charge in [0.1, 0.15) is 5.75 Å². The number of hydrogen-bond donors (Lipinski definition) is 2. The smallest absolute Gasteiger partial charge is 0.227 e. The Hall–Kier alpha value is -2.15. The largest absolute Gasteiger partial charge is 0.506 e. The Morgan fingerprint density at radius 3 is 2.33 bits per heavy atom. The summed E-state index contributed by atoms with van der Waals surface area (Å²) in [6.45, 7) is 5.23. The van der Waals surface area contributed by atoms with E-state index in [-0.39, 0.29) is 22.1 Å².